The van der Waals surface area contributed by atoms with Crippen molar-refractivity contribution in [1.29, 1.82) is 0 Å². The Morgan fingerprint density at radius 3 is 2.44 bits per heavy atom. The molecule has 0 radical (unpaired) electrons. The number of benzene rings is 1. The molecule has 1 aliphatic rings. The van der Waals surface area contributed by atoms with Gasteiger partial charge in [0.2, 0.25) is 0 Å². The number of carbonyl (C=O) groups excluding carboxylic acids is 2. The van der Waals surface area contributed by atoms with Crippen LogP contribution in [0.4, 0.5) is 0 Å². The van der Waals surface area contributed by atoms with E-state index in [0.717, 1.165) is 0 Å². The number of morpholine rings is 1. The van der Waals surface area contributed by atoms with Crippen LogP contribution in [-0.2, 0) is 14.3 Å². The van der Waals surface area contributed by atoms with E-state index < -0.39 is 5.97 Å². The van der Waals surface area contributed by atoms with Crippen molar-refractivity contribution in [3.05, 3.63) is 23.8 Å². The number of esters is 1. The van der Waals surface area contributed by atoms with Crippen molar-refractivity contribution < 1.29 is 28.5 Å². The lowest BCUT2D eigenvalue weighted by Gasteiger charge is -2.35. The summed E-state index contributed by atoms with van der Waals surface area (Å²) in [6.45, 7) is 9.16. The lowest BCUT2D eigenvalue weighted by atomic mass is 10.2. The van der Waals surface area contributed by atoms with Crippen LogP contribution in [0.2, 0.25) is 0 Å². The Balaban J connectivity index is 1.94. The Morgan fingerprint density at radius 2 is 1.85 bits per heavy atom. The van der Waals surface area contributed by atoms with Crippen molar-refractivity contribution >= 4 is 11.9 Å². The quantitative estimate of drug-likeness (QED) is 0.678. The Bertz CT molecular complexity index is 650. The molecule has 2 atom stereocenters. The van der Waals surface area contributed by atoms with E-state index in [-0.39, 0.29) is 24.7 Å². The third kappa shape index (κ3) is 6.13. The molecule has 0 spiro atoms. The third-order valence-corrected chi connectivity index (χ3v) is 4.07. The highest BCUT2D eigenvalue weighted by atomic mass is 16.5. The zero-order chi connectivity index (χ0) is 20.0. The first-order valence-electron chi connectivity index (χ1n) is 9.21. The van der Waals surface area contributed by atoms with Crippen LogP contribution in [0.3, 0.4) is 0 Å². The topological polar surface area (TPSA) is 74.3 Å². The van der Waals surface area contributed by atoms with Gasteiger partial charge in [-0.25, -0.2) is 4.79 Å². The Hall–Kier alpha value is -2.28. The lowest BCUT2D eigenvalue weighted by Crippen LogP contribution is -2.49. The fourth-order valence-corrected chi connectivity index (χ4v) is 2.85. The summed E-state index contributed by atoms with van der Waals surface area (Å²) in [6.07, 6.45) is -0.0629. The van der Waals surface area contributed by atoms with Crippen LogP contribution in [0.1, 0.15) is 38.1 Å². The van der Waals surface area contributed by atoms with Crippen LogP contribution in [-0.4, -0.2) is 62.4 Å². The number of methoxy groups -OCH3 is 1. The van der Waals surface area contributed by atoms with E-state index in [1.54, 1.807) is 23.1 Å². The van der Waals surface area contributed by atoms with Gasteiger partial charge in [-0.2, -0.15) is 0 Å². The molecule has 7 nitrogen and oxygen atoms in total. The fraction of sp³-hybridized carbons (Fsp3) is 0.600. The smallest absolute Gasteiger partial charge is 0.338 e. The summed E-state index contributed by atoms with van der Waals surface area (Å²) in [6, 6.07) is 4.83. The molecule has 1 saturated heterocycles. The minimum absolute atomic E-state index is 0.0314. The number of amides is 1. The number of rotatable bonds is 7. The average molecular weight is 379 g/mol. The first-order valence-corrected chi connectivity index (χ1v) is 9.21. The first kappa shape index (κ1) is 21.0. The molecule has 1 aliphatic heterocycles. The molecule has 0 saturated carbocycles. The zero-order valence-corrected chi connectivity index (χ0v) is 16.7. The summed E-state index contributed by atoms with van der Waals surface area (Å²) < 4.78 is 21.8. The molecular formula is C20H29NO6. The highest BCUT2D eigenvalue weighted by Crippen LogP contribution is 2.28. The zero-order valence-electron chi connectivity index (χ0n) is 16.7. The molecule has 27 heavy (non-hydrogen) atoms. The highest BCUT2D eigenvalue weighted by molar-refractivity contribution is 5.92. The van der Waals surface area contributed by atoms with Crippen molar-refractivity contribution in [3.8, 4) is 11.5 Å². The van der Waals surface area contributed by atoms with E-state index in [1.807, 2.05) is 27.7 Å². The number of hydrogen-bond acceptors (Lipinski definition) is 6. The number of ether oxygens (including phenoxy) is 4. The van der Waals surface area contributed by atoms with Crippen LogP contribution in [0, 0.1) is 5.92 Å². The van der Waals surface area contributed by atoms with Gasteiger partial charge in [-0.3, -0.25) is 4.79 Å². The molecule has 0 N–H and O–H groups in total. The molecule has 0 bridgehead atoms. The SMILES string of the molecule is COc1cc(C(=O)OCC(=O)N2CC(C)OC(C)C2)ccc1OCC(C)C. The first-order chi connectivity index (χ1) is 12.8. The molecule has 0 aromatic heterocycles. The van der Waals surface area contributed by atoms with Crippen LogP contribution in [0.5, 0.6) is 11.5 Å². The van der Waals surface area contributed by atoms with Gasteiger partial charge in [0.15, 0.2) is 18.1 Å². The van der Waals surface area contributed by atoms with Crippen LogP contribution in [0.25, 0.3) is 0 Å². The van der Waals surface area contributed by atoms with Gasteiger partial charge in [0, 0.05) is 13.1 Å². The van der Waals surface area contributed by atoms with Gasteiger partial charge in [0.25, 0.3) is 5.91 Å². The van der Waals surface area contributed by atoms with E-state index in [0.29, 0.717) is 42.7 Å². The molecule has 2 rings (SSSR count). The van der Waals surface area contributed by atoms with Gasteiger partial charge in [-0.05, 0) is 38.0 Å². The highest BCUT2D eigenvalue weighted by Gasteiger charge is 2.26. The molecule has 7 heteroatoms. The summed E-state index contributed by atoms with van der Waals surface area (Å²) in [4.78, 5) is 26.3. The van der Waals surface area contributed by atoms with Crippen molar-refractivity contribution in [2.24, 2.45) is 5.92 Å². The summed E-state index contributed by atoms with van der Waals surface area (Å²) in [5, 5.41) is 0. The monoisotopic (exact) mass is 379 g/mol. The van der Waals surface area contributed by atoms with E-state index in [4.69, 9.17) is 18.9 Å². The second kappa shape index (κ2) is 9.60. The molecule has 1 aromatic rings. The van der Waals surface area contributed by atoms with Crippen molar-refractivity contribution in [2.45, 2.75) is 39.9 Å². The van der Waals surface area contributed by atoms with Crippen LogP contribution < -0.4 is 9.47 Å². The van der Waals surface area contributed by atoms with Crippen molar-refractivity contribution in [1.82, 2.24) is 4.90 Å². The maximum atomic E-state index is 12.3. The van der Waals surface area contributed by atoms with Crippen LogP contribution >= 0.6 is 0 Å². The average Bonchev–Trinajstić information content (AvgIpc) is 2.63. The van der Waals surface area contributed by atoms with Crippen LogP contribution in [0.15, 0.2) is 18.2 Å². The predicted octanol–water partition coefficient (Wildman–Crippen LogP) is 2.52. The second-order valence-corrected chi connectivity index (χ2v) is 7.20. The van der Waals surface area contributed by atoms with Crippen molar-refractivity contribution in [2.75, 3.05) is 33.4 Å². The Kier molecular flexibility index (Phi) is 7.47. The Labute approximate surface area is 160 Å². The van der Waals surface area contributed by atoms with Gasteiger partial charge in [0.1, 0.15) is 0 Å². The predicted molar refractivity (Wildman–Crippen MR) is 100 cm³/mol. The maximum Gasteiger partial charge on any atom is 0.338 e. The molecule has 1 heterocycles. The fourth-order valence-electron chi connectivity index (χ4n) is 2.85. The largest absolute Gasteiger partial charge is 0.493 e. The summed E-state index contributed by atoms with van der Waals surface area (Å²) in [5.74, 6) is 0.582. The van der Waals surface area contributed by atoms with Gasteiger partial charge >= 0.3 is 5.97 Å². The molecule has 0 aliphatic carbocycles. The Morgan fingerprint density at radius 1 is 1.19 bits per heavy atom. The van der Waals surface area contributed by atoms with E-state index in [9.17, 15) is 9.59 Å². The van der Waals surface area contributed by atoms with Gasteiger partial charge in [-0.15, -0.1) is 0 Å². The number of carbonyl (C=O) groups is 2. The third-order valence-electron chi connectivity index (χ3n) is 4.07. The number of nitrogens with zero attached hydrogens (tertiary/aromatic N) is 1. The second-order valence-electron chi connectivity index (χ2n) is 7.20. The van der Waals surface area contributed by atoms with Gasteiger partial charge < -0.3 is 23.8 Å². The molecule has 2 unspecified atom stereocenters. The normalized spacial score (nSPS) is 19.7. The standard InChI is InChI=1S/C20H29NO6/c1-13(2)11-25-17-7-6-16(8-18(17)24-5)20(23)26-12-19(22)21-9-14(3)27-15(4)10-21/h6-8,13-15H,9-12H2,1-5H3. The lowest BCUT2D eigenvalue weighted by molar-refractivity contribution is -0.146. The van der Waals surface area contributed by atoms with E-state index in [1.165, 1.54) is 7.11 Å². The summed E-state index contributed by atoms with van der Waals surface area (Å²) in [5.41, 5.74) is 0.306. The minimum Gasteiger partial charge on any atom is -0.493 e. The maximum absolute atomic E-state index is 12.3. The molecule has 1 amide bonds. The molecule has 1 aromatic carbocycles. The number of hydrogen-bond donors (Lipinski definition) is 0. The van der Waals surface area contributed by atoms with Crippen molar-refractivity contribution in [3.63, 3.8) is 0 Å². The molecular weight excluding hydrogens is 350 g/mol. The molecule has 150 valence electrons. The minimum atomic E-state index is -0.577. The summed E-state index contributed by atoms with van der Waals surface area (Å²) in [7, 11) is 1.51. The van der Waals surface area contributed by atoms with E-state index in [2.05, 4.69) is 0 Å². The summed E-state index contributed by atoms with van der Waals surface area (Å²) >= 11 is 0. The van der Waals surface area contributed by atoms with Gasteiger partial charge in [0.05, 0.1) is 31.5 Å². The van der Waals surface area contributed by atoms with Gasteiger partial charge in [-0.1, -0.05) is 13.8 Å². The van der Waals surface area contributed by atoms with E-state index >= 15 is 0 Å². The molecule has 1 fully saturated rings.